The van der Waals surface area contributed by atoms with Crippen LogP contribution in [0.4, 0.5) is 10.1 Å². The molecule has 3 heterocycles. The summed E-state index contributed by atoms with van der Waals surface area (Å²) in [4.78, 5) is 13.1. The Morgan fingerprint density at radius 1 is 1.06 bits per heavy atom. The van der Waals surface area contributed by atoms with Crippen LogP contribution in [0.25, 0.3) is 10.2 Å². The van der Waals surface area contributed by atoms with Gasteiger partial charge in [-0.3, -0.25) is 9.48 Å². The highest BCUT2D eigenvalue weighted by atomic mass is 32.1. The largest absolute Gasteiger partial charge is 0.331 e. The van der Waals surface area contributed by atoms with Gasteiger partial charge in [0, 0.05) is 12.7 Å². The van der Waals surface area contributed by atoms with Crippen LogP contribution in [0.1, 0.15) is 27.2 Å². The van der Waals surface area contributed by atoms with Crippen molar-refractivity contribution >= 4 is 33.1 Å². The summed E-state index contributed by atoms with van der Waals surface area (Å²) in [6.07, 6.45) is 3.47. The molecule has 0 atom stereocenters. The van der Waals surface area contributed by atoms with Crippen LogP contribution in [0.15, 0.2) is 78.4 Å². The first-order chi connectivity index (χ1) is 15.5. The van der Waals surface area contributed by atoms with Crippen molar-refractivity contribution in [2.75, 3.05) is 5.32 Å². The van der Waals surface area contributed by atoms with Gasteiger partial charge in [0.05, 0.1) is 28.6 Å². The first kappa shape index (κ1) is 20.2. The summed E-state index contributed by atoms with van der Waals surface area (Å²) in [6, 6.07) is 18.6. The molecule has 0 unspecified atom stereocenters. The molecule has 0 saturated heterocycles. The number of fused-ring (bicyclic) bond motifs is 1. The van der Waals surface area contributed by atoms with Crippen molar-refractivity contribution in [1.82, 2.24) is 14.3 Å². The Bertz CT molecular complexity index is 1400. The van der Waals surface area contributed by atoms with Crippen molar-refractivity contribution in [3.63, 3.8) is 0 Å². The number of aromatic nitrogens is 3. The molecule has 0 spiro atoms. The molecule has 7 heteroatoms. The number of benzene rings is 2. The highest BCUT2D eigenvalue weighted by Gasteiger charge is 2.18. The molecule has 160 valence electrons. The lowest BCUT2D eigenvalue weighted by molar-refractivity contribution is 0.101. The number of nitrogens with one attached hydrogen (secondary N) is 1. The number of hydrogen-bond donors (Lipinski definition) is 1. The molecule has 1 amide bonds. The average molecular weight is 445 g/mol. The Morgan fingerprint density at radius 2 is 1.91 bits per heavy atom. The number of amides is 1. The van der Waals surface area contributed by atoms with Gasteiger partial charge in [0.1, 0.15) is 11.5 Å². The van der Waals surface area contributed by atoms with Crippen LogP contribution in [0.3, 0.4) is 0 Å². The molecule has 0 aliphatic rings. The van der Waals surface area contributed by atoms with Crippen molar-refractivity contribution in [3.8, 4) is 0 Å². The highest BCUT2D eigenvalue weighted by molar-refractivity contribution is 7.17. The average Bonchev–Trinajstić information content (AvgIpc) is 3.48. The zero-order valence-corrected chi connectivity index (χ0v) is 18.3. The molecule has 0 fully saturated rings. The van der Waals surface area contributed by atoms with Gasteiger partial charge in [-0.2, -0.15) is 5.10 Å². The number of thiophene rings is 1. The van der Waals surface area contributed by atoms with E-state index in [1.54, 1.807) is 28.3 Å². The van der Waals surface area contributed by atoms with Crippen molar-refractivity contribution in [2.24, 2.45) is 0 Å². The standard InChI is InChI=1S/C25H21FN4OS/c1-17-5-7-18(8-6-17)14-29-16-21(13-27-29)28-25(31)23-12-24-22(9-10-32-24)30(23)15-19-3-2-4-20(26)11-19/h2-13,16H,14-15H2,1H3,(H,28,31). The highest BCUT2D eigenvalue weighted by Crippen LogP contribution is 2.27. The normalized spacial score (nSPS) is 11.2. The number of anilines is 1. The van der Waals surface area contributed by atoms with E-state index in [0.717, 1.165) is 21.3 Å². The second-order valence-corrected chi connectivity index (χ2v) is 8.73. The van der Waals surface area contributed by atoms with E-state index in [2.05, 4.69) is 41.6 Å². The summed E-state index contributed by atoms with van der Waals surface area (Å²) in [5.74, 6) is -0.511. The maximum absolute atomic E-state index is 13.7. The molecule has 1 N–H and O–H groups in total. The minimum atomic E-state index is -0.289. The van der Waals surface area contributed by atoms with Crippen molar-refractivity contribution in [3.05, 3.63) is 107 Å². The van der Waals surface area contributed by atoms with Gasteiger partial charge >= 0.3 is 0 Å². The lowest BCUT2D eigenvalue weighted by atomic mass is 10.1. The monoisotopic (exact) mass is 444 g/mol. The Hall–Kier alpha value is -3.71. The van der Waals surface area contributed by atoms with Crippen molar-refractivity contribution in [2.45, 2.75) is 20.0 Å². The second kappa shape index (κ2) is 8.43. The van der Waals surface area contributed by atoms with Crippen molar-refractivity contribution in [1.29, 1.82) is 0 Å². The van der Waals surface area contributed by atoms with Gasteiger partial charge in [0.25, 0.3) is 5.91 Å². The molecular formula is C25H21FN4OS. The van der Waals surface area contributed by atoms with Gasteiger partial charge < -0.3 is 9.88 Å². The fraction of sp³-hybridized carbons (Fsp3) is 0.120. The first-order valence-corrected chi connectivity index (χ1v) is 11.1. The van der Waals surface area contributed by atoms with E-state index >= 15 is 0 Å². The van der Waals surface area contributed by atoms with Gasteiger partial charge in [-0.05, 0) is 47.7 Å². The van der Waals surface area contributed by atoms with E-state index in [1.165, 1.54) is 17.7 Å². The molecule has 0 radical (unpaired) electrons. The fourth-order valence-corrected chi connectivity index (χ4v) is 4.57. The topological polar surface area (TPSA) is 51.9 Å². The van der Waals surface area contributed by atoms with E-state index in [0.29, 0.717) is 24.5 Å². The van der Waals surface area contributed by atoms with Gasteiger partial charge in [0.2, 0.25) is 0 Å². The summed E-state index contributed by atoms with van der Waals surface area (Å²) in [5, 5.41) is 9.31. The number of nitrogens with zero attached hydrogens (tertiary/aromatic N) is 3. The van der Waals surface area contributed by atoms with Crippen LogP contribution in [0.5, 0.6) is 0 Å². The second-order valence-electron chi connectivity index (χ2n) is 7.78. The quantitative estimate of drug-likeness (QED) is 0.365. The van der Waals surface area contributed by atoms with Crippen LogP contribution in [0.2, 0.25) is 0 Å². The molecule has 2 aromatic carbocycles. The predicted molar refractivity (Wildman–Crippen MR) is 126 cm³/mol. The minimum absolute atomic E-state index is 0.223. The fourth-order valence-electron chi connectivity index (χ4n) is 3.74. The Balaban J connectivity index is 1.37. The Morgan fingerprint density at radius 3 is 2.72 bits per heavy atom. The number of rotatable bonds is 6. The SMILES string of the molecule is Cc1ccc(Cn2cc(NC(=O)c3cc4sccc4n3Cc3cccc(F)c3)cn2)cc1. The summed E-state index contributed by atoms with van der Waals surface area (Å²) >= 11 is 1.57. The molecular weight excluding hydrogens is 423 g/mol. The molecule has 3 aromatic heterocycles. The van der Waals surface area contributed by atoms with Gasteiger partial charge in [-0.25, -0.2) is 4.39 Å². The Labute approximate surface area is 188 Å². The van der Waals surface area contributed by atoms with Crippen LogP contribution in [-0.4, -0.2) is 20.3 Å². The predicted octanol–water partition coefficient (Wildman–Crippen LogP) is 5.70. The molecule has 5 rings (SSSR count). The smallest absolute Gasteiger partial charge is 0.272 e. The van der Waals surface area contributed by atoms with Gasteiger partial charge in [-0.15, -0.1) is 11.3 Å². The zero-order chi connectivity index (χ0) is 22.1. The van der Waals surface area contributed by atoms with Crippen LogP contribution >= 0.6 is 11.3 Å². The molecule has 5 aromatic rings. The summed E-state index contributed by atoms with van der Waals surface area (Å²) in [6.45, 7) is 3.09. The summed E-state index contributed by atoms with van der Waals surface area (Å²) < 4.78 is 18.4. The zero-order valence-electron chi connectivity index (χ0n) is 17.5. The maximum Gasteiger partial charge on any atom is 0.272 e. The number of halogens is 1. The number of carbonyl (C=O) groups excluding carboxylic acids is 1. The molecule has 0 aliphatic heterocycles. The first-order valence-electron chi connectivity index (χ1n) is 10.3. The molecule has 0 bridgehead atoms. The summed E-state index contributed by atoms with van der Waals surface area (Å²) in [7, 11) is 0. The number of carbonyl (C=O) groups is 1. The van der Waals surface area contributed by atoms with Gasteiger partial charge in [-0.1, -0.05) is 42.0 Å². The lowest BCUT2D eigenvalue weighted by Crippen LogP contribution is -2.17. The molecule has 32 heavy (non-hydrogen) atoms. The third-order valence-electron chi connectivity index (χ3n) is 5.34. The number of hydrogen-bond acceptors (Lipinski definition) is 3. The maximum atomic E-state index is 13.7. The van der Waals surface area contributed by atoms with Crippen molar-refractivity contribution < 1.29 is 9.18 Å². The number of aryl methyl sites for hydroxylation is 1. The third kappa shape index (κ3) is 4.20. The van der Waals surface area contributed by atoms with Gasteiger partial charge in [0.15, 0.2) is 0 Å². The van der Waals surface area contributed by atoms with E-state index < -0.39 is 0 Å². The van der Waals surface area contributed by atoms with E-state index in [1.807, 2.05) is 34.3 Å². The third-order valence-corrected chi connectivity index (χ3v) is 6.19. The lowest BCUT2D eigenvalue weighted by Gasteiger charge is -2.10. The van der Waals surface area contributed by atoms with E-state index in [-0.39, 0.29) is 11.7 Å². The van der Waals surface area contributed by atoms with Crippen LogP contribution in [-0.2, 0) is 13.1 Å². The minimum Gasteiger partial charge on any atom is -0.331 e. The molecule has 0 aliphatic carbocycles. The summed E-state index contributed by atoms with van der Waals surface area (Å²) in [5.41, 5.74) is 5.27. The molecule has 5 nitrogen and oxygen atoms in total. The molecule has 0 saturated carbocycles. The van der Waals surface area contributed by atoms with E-state index in [4.69, 9.17) is 0 Å². The van der Waals surface area contributed by atoms with Crippen LogP contribution < -0.4 is 5.32 Å². The van der Waals surface area contributed by atoms with Crippen LogP contribution in [0, 0.1) is 12.7 Å². The van der Waals surface area contributed by atoms with E-state index in [9.17, 15) is 9.18 Å². The Kier molecular flexibility index (Phi) is 5.33.